The first kappa shape index (κ1) is 13.6. The Bertz CT molecular complexity index is 617. The molecule has 0 saturated carbocycles. The normalized spacial score (nSPS) is 9.55. The minimum absolute atomic E-state index is 0.0573. The molecule has 0 unspecified atom stereocenters. The smallest absolute Gasteiger partial charge is 0.226 e. The molecule has 4 nitrogen and oxygen atoms in total. The molecule has 2 rings (SSSR count). The van der Waals surface area contributed by atoms with Gasteiger partial charge < -0.3 is 10.6 Å². The fourth-order valence-electron chi connectivity index (χ4n) is 1.79. The van der Waals surface area contributed by atoms with Crippen LogP contribution in [-0.4, -0.2) is 12.5 Å². The van der Waals surface area contributed by atoms with Gasteiger partial charge in [0.2, 0.25) is 5.91 Å². The SMILES string of the molecule is N#Cc1ccccc1NCCC(=O)Nc1ccccc1. The van der Waals surface area contributed by atoms with Gasteiger partial charge in [0.15, 0.2) is 0 Å². The third-order valence-corrected chi connectivity index (χ3v) is 2.77. The van der Waals surface area contributed by atoms with E-state index in [-0.39, 0.29) is 5.91 Å². The molecular weight excluding hydrogens is 250 g/mol. The van der Waals surface area contributed by atoms with Crippen LogP contribution in [0, 0.1) is 11.3 Å². The molecule has 0 heterocycles. The van der Waals surface area contributed by atoms with Crippen LogP contribution >= 0.6 is 0 Å². The molecule has 0 atom stereocenters. The van der Waals surface area contributed by atoms with E-state index in [0.717, 1.165) is 11.4 Å². The van der Waals surface area contributed by atoms with Crippen molar-refractivity contribution < 1.29 is 4.79 Å². The van der Waals surface area contributed by atoms with Crippen LogP contribution in [0.25, 0.3) is 0 Å². The van der Waals surface area contributed by atoms with Crippen molar-refractivity contribution in [2.45, 2.75) is 6.42 Å². The summed E-state index contributed by atoms with van der Waals surface area (Å²) in [6, 6.07) is 18.7. The lowest BCUT2D eigenvalue weighted by molar-refractivity contribution is -0.115. The zero-order valence-corrected chi connectivity index (χ0v) is 11.0. The molecule has 0 aromatic heterocycles. The summed E-state index contributed by atoms with van der Waals surface area (Å²) in [6.07, 6.45) is 0.342. The van der Waals surface area contributed by atoms with Crippen molar-refractivity contribution in [2.24, 2.45) is 0 Å². The second-order valence-electron chi connectivity index (χ2n) is 4.25. The maximum absolute atomic E-state index is 11.7. The molecule has 0 bridgehead atoms. The van der Waals surface area contributed by atoms with E-state index in [9.17, 15) is 4.79 Å². The molecule has 100 valence electrons. The number of anilines is 2. The van der Waals surface area contributed by atoms with Gasteiger partial charge in [0, 0.05) is 18.7 Å². The Morgan fingerprint density at radius 2 is 1.75 bits per heavy atom. The quantitative estimate of drug-likeness (QED) is 0.873. The number of nitriles is 1. The molecule has 0 spiro atoms. The number of amides is 1. The molecule has 4 heteroatoms. The maximum Gasteiger partial charge on any atom is 0.226 e. The lowest BCUT2D eigenvalue weighted by Gasteiger charge is -2.08. The van der Waals surface area contributed by atoms with Crippen LogP contribution in [0.5, 0.6) is 0 Å². The predicted molar refractivity (Wildman–Crippen MR) is 79.3 cm³/mol. The average molecular weight is 265 g/mol. The number of para-hydroxylation sites is 2. The first-order valence-electron chi connectivity index (χ1n) is 6.37. The molecule has 2 aromatic rings. The fourth-order valence-corrected chi connectivity index (χ4v) is 1.79. The number of hydrogen-bond donors (Lipinski definition) is 2. The number of nitrogens with zero attached hydrogens (tertiary/aromatic N) is 1. The first-order chi connectivity index (χ1) is 9.79. The highest BCUT2D eigenvalue weighted by Crippen LogP contribution is 2.13. The molecule has 0 aliphatic carbocycles. The van der Waals surface area contributed by atoms with Crippen molar-refractivity contribution in [1.29, 1.82) is 5.26 Å². The Labute approximate surface area is 118 Å². The summed E-state index contributed by atoms with van der Waals surface area (Å²) in [4.78, 5) is 11.7. The summed E-state index contributed by atoms with van der Waals surface area (Å²) < 4.78 is 0. The van der Waals surface area contributed by atoms with Crippen LogP contribution < -0.4 is 10.6 Å². The van der Waals surface area contributed by atoms with Crippen molar-refractivity contribution in [3.63, 3.8) is 0 Å². The number of carbonyl (C=O) groups excluding carboxylic acids is 1. The summed E-state index contributed by atoms with van der Waals surface area (Å²) >= 11 is 0. The Morgan fingerprint density at radius 1 is 1.05 bits per heavy atom. The Morgan fingerprint density at radius 3 is 2.50 bits per heavy atom. The summed E-state index contributed by atoms with van der Waals surface area (Å²) in [5, 5.41) is 14.9. The van der Waals surface area contributed by atoms with Gasteiger partial charge in [0.1, 0.15) is 6.07 Å². The number of rotatable bonds is 5. The molecule has 1 amide bonds. The van der Waals surface area contributed by atoms with Gasteiger partial charge in [-0.3, -0.25) is 4.79 Å². The third kappa shape index (κ3) is 3.85. The van der Waals surface area contributed by atoms with Gasteiger partial charge in [0.05, 0.1) is 11.3 Å². The molecule has 2 aromatic carbocycles. The zero-order valence-electron chi connectivity index (χ0n) is 11.0. The van der Waals surface area contributed by atoms with E-state index in [1.165, 1.54) is 0 Å². The summed E-state index contributed by atoms with van der Waals surface area (Å²) in [7, 11) is 0. The molecule has 20 heavy (non-hydrogen) atoms. The number of carbonyl (C=O) groups is 1. The third-order valence-electron chi connectivity index (χ3n) is 2.77. The molecule has 0 fully saturated rings. The molecule has 2 N–H and O–H groups in total. The van der Waals surface area contributed by atoms with E-state index in [0.29, 0.717) is 18.5 Å². The minimum atomic E-state index is -0.0573. The van der Waals surface area contributed by atoms with Crippen LogP contribution in [0.2, 0.25) is 0 Å². The minimum Gasteiger partial charge on any atom is -0.383 e. The van der Waals surface area contributed by atoms with Crippen molar-refractivity contribution in [2.75, 3.05) is 17.2 Å². The van der Waals surface area contributed by atoms with E-state index < -0.39 is 0 Å². The zero-order chi connectivity index (χ0) is 14.2. The topological polar surface area (TPSA) is 64.9 Å². The van der Waals surface area contributed by atoms with Crippen LogP contribution in [0.3, 0.4) is 0 Å². The second kappa shape index (κ2) is 6.95. The lowest BCUT2D eigenvalue weighted by Crippen LogP contribution is -2.16. The highest BCUT2D eigenvalue weighted by atomic mass is 16.1. The Kier molecular flexibility index (Phi) is 4.74. The number of nitrogens with one attached hydrogen (secondary N) is 2. The first-order valence-corrected chi connectivity index (χ1v) is 6.37. The number of benzene rings is 2. The van der Waals surface area contributed by atoms with E-state index in [1.807, 2.05) is 48.5 Å². The highest BCUT2D eigenvalue weighted by molar-refractivity contribution is 5.90. The molecule has 0 aliphatic heterocycles. The van der Waals surface area contributed by atoms with E-state index >= 15 is 0 Å². The molecule has 0 radical (unpaired) electrons. The Balaban J connectivity index is 1.81. The fraction of sp³-hybridized carbons (Fsp3) is 0.125. The summed E-state index contributed by atoms with van der Waals surface area (Å²) in [5.41, 5.74) is 2.12. The van der Waals surface area contributed by atoms with Crippen LogP contribution in [-0.2, 0) is 4.79 Å². The van der Waals surface area contributed by atoms with Gasteiger partial charge in [-0.15, -0.1) is 0 Å². The predicted octanol–water partition coefficient (Wildman–Crippen LogP) is 3.00. The van der Waals surface area contributed by atoms with Gasteiger partial charge in [0.25, 0.3) is 0 Å². The Hall–Kier alpha value is -2.80. The average Bonchev–Trinajstić information content (AvgIpc) is 2.49. The van der Waals surface area contributed by atoms with Crippen molar-refractivity contribution >= 4 is 17.3 Å². The van der Waals surface area contributed by atoms with E-state index in [4.69, 9.17) is 5.26 Å². The van der Waals surface area contributed by atoms with Crippen molar-refractivity contribution in [1.82, 2.24) is 0 Å². The second-order valence-corrected chi connectivity index (χ2v) is 4.25. The van der Waals surface area contributed by atoms with Gasteiger partial charge >= 0.3 is 0 Å². The maximum atomic E-state index is 11.7. The van der Waals surface area contributed by atoms with Crippen molar-refractivity contribution in [3.05, 3.63) is 60.2 Å². The van der Waals surface area contributed by atoms with Crippen LogP contribution in [0.4, 0.5) is 11.4 Å². The number of hydrogen-bond acceptors (Lipinski definition) is 3. The summed E-state index contributed by atoms with van der Waals surface area (Å²) in [6.45, 7) is 0.483. The monoisotopic (exact) mass is 265 g/mol. The standard InChI is InChI=1S/C16H15N3O/c17-12-13-6-4-5-9-15(13)18-11-10-16(20)19-14-7-2-1-3-8-14/h1-9,18H,10-11H2,(H,19,20). The molecule has 0 aliphatic rings. The highest BCUT2D eigenvalue weighted by Gasteiger charge is 2.03. The largest absolute Gasteiger partial charge is 0.383 e. The van der Waals surface area contributed by atoms with Gasteiger partial charge in [-0.1, -0.05) is 30.3 Å². The van der Waals surface area contributed by atoms with Gasteiger partial charge in [-0.05, 0) is 24.3 Å². The van der Waals surface area contributed by atoms with Crippen molar-refractivity contribution in [3.8, 4) is 6.07 Å². The summed E-state index contributed by atoms with van der Waals surface area (Å²) in [5.74, 6) is -0.0573. The van der Waals surface area contributed by atoms with Crippen LogP contribution in [0.1, 0.15) is 12.0 Å². The van der Waals surface area contributed by atoms with Gasteiger partial charge in [-0.2, -0.15) is 5.26 Å². The van der Waals surface area contributed by atoms with E-state index in [2.05, 4.69) is 16.7 Å². The van der Waals surface area contributed by atoms with Crippen LogP contribution in [0.15, 0.2) is 54.6 Å². The van der Waals surface area contributed by atoms with E-state index in [1.54, 1.807) is 6.07 Å². The molecule has 0 saturated heterocycles. The van der Waals surface area contributed by atoms with Gasteiger partial charge in [-0.25, -0.2) is 0 Å². The molecular formula is C16H15N3O. The lowest BCUT2D eigenvalue weighted by atomic mass is 10.2.